The van der Waals surface area contributed by atoms with Crippen molar-refractivity contribution in [1.82, 2.24) is 0 Å². The van der Waals surface area contributed by atoms with Crippen LogP contribution in [-0.2, 0) is 4.79 Å². The lowest BCUT2D eigenvalue weighted by Crippen LogP contribution is -2.60. The van der Waals surface area contributed by atoms with E-state index in [4.69, 9.17) is 6.57 Å². The topological polar surface area (TPSA) is 33.5 Å². The van der Waals surface area contributed by atoms with E-state index in [0.29, 0.717) is 5.69 Å². The lowest BCUT2D eigenvalue weighted by molar-refractivity contribution is -0.940. The third-order valence-electron chi connectivity index (χ3n) is 6.01. The van der Waals surface area contributed by atoms with Gasteiger partial charge in [-0.2, -0.15) is 0 Å². The fourth-order valence-corrected chi connectivity index (χ4v) is 4.50. The van der Waals surface area contributed by atoms with Gasteiger partial charge in [0.25, 0.3) is 5.91 Å². The number of quaternary nitrogens is 1. The number of nitrogens with zero attached hydrogens (tertiary/aromatic N) is 2. The SMILES string of the molecule is [C-]#[N+]c1cc(C)c(NC(=O)C(CCC)[N+]2(CC)CCCCCC2)c(C)c1. The van der Waals surface area contributed by atoms with Crippen LogP contribution < -0.4 is 5.32 Å². The Morgan fingerprint density at radius 2 is 1.73 bits per heavy atom. The molecule has 0 radical (unpaired) electrons. The number of amides is 1. The molecule has 1 heterocycles. The number of hydrogen-bond acceptors (Lipinski definition) is 1. The van der Waals surface area contributed by atoms with Crippen molar-refractivity contribution in [2.24, 2.45) is 0 Å². The predicted octanol–water partition coefficient (Wildman–Crippen LogP) is 5.37. The summed E-state index contributed by atoms with van der Waals surface area (Å²) in [6.07, 6.45) is 6.97. The van der Waals surface area contributed by atoms with E-state index in [1.807, 2.05) is 26.0 Å². The summed E-state index contributed by atoms with van der Waals surface area (Å²) in [5, 5.41) is 3.23. The highest BCUT2D eigenvalue weighted by atomic mass is 16.2. The van der Waals surface area contributed by atoms with Gasteiger partial charge in [0.05, 0.1) is 26.2 Å². The average molecular weight is 357 g/mol. The first kappa shape index (κ1) is 20.5. The van der Waals surface area contributed by atoms with Crippen LogP contribution in [0, 0.1) is 20.4 Å². The molecule has 1 aliphatic heterocycles. The maximum absolute atomic E-state index is 13.3. The molecule has 0 bridgehead atoms. The van der Waals surface area contributed by atoms with Crippen LogP contribution >= 0.6 is 0 Å². The molecular weight excluding hydrogens is 322 g/mol. The number of nitrogens with one attached hydrogen (secondary N) is 1. The number of anilines is 1. The molecule has 1 N–H and O–H groups in total. The lowest BCUT2D eigenvalue weighted by Gasteiger charge is -2.43. The van der Waals surface area contributed by atoms with Gasteiger partial charge in [0.15, 0.2) is 11.7 Å². The highest BCUT2D eigenvalue weighted by Crippen LogP contribution is 2.29. The van der Waals surface area contributed by atoms with Crippen molar-refractivity contribution in [1.29, 1.82) is 0 Å². The molecule has 4 nitrogen and oxygen atoms in total. The normalized spacial score (nSPS) is 17.8. The van der Waals surface area contributed by atoms with Crippen LogP contribution in [0.25, 0.3) is 4.85 Å². The van der Waals surface area contributed by atoms with Gasteiger partial charge < -0.3 is 9.80 Å². The third kappa shape index (κ3) is 4.45. The zero-order chi connectivity index (χ0) is 19.2. The summed E-state index contributed by atoms with van der Waals surface area (Å²) < 4.78 is 0.928. The van der Waals surface area contributed by atoms with Crippen LogP contribution in [0.1, 0.15) is 63.5 Å². The molecule has 1 saturated heterocycles. The van der Waals surface area contributed by atoms with Crippen molar-refractivity contribution >= 4 is 17.3 Å². The largest absolute Gasteiger partial charge is 0.321 e. The van der Waals surface area contributed by atoms with E-state index in [1.54, 1.807) is 0 Å². The molecule has 1 fully saturated rings. The number of aryl methyl sites for hydroxylation is 2. The number of carbonyl (C=O) groups excluding carboxylic acids is 1. The first-order chi connectivity index (χ1) is 12.5. The molecule has 1 aromatic carbocycles. The van der Waals surface area contributed by atoms with Crippen LogP contribution in [0.5, 0.6) is 0 Å². The predicted molar refractivity (Wildman–Crippen MR) is 109 cm³/mol. The summed E-state index contributed by atoms with van der Waals surface area (Å²) in [6, 6.07) is 3.74. The Labute approximate surface area is 159 Å². The Hall–Kier alpha value is -1.86. The zero-order valence-electron chi connectivity index (χ0n) is 16.9. The molecule has 0 spiro atoms. The Kier molecular flexibility index (Phi) is 7.23. The second-order valence-corrected chi connectivity index (χ2v) is 7.76. The molecule has 1 aromatic rings. The molecular formula is C22H34N3O+. The van der Waals surface area contributed by atoms with Gasteiger partial charge in [-0.1, -0.05) is 19.1 Å². The van der Waals surface area contributed by atoms with E-state index in [0.717, 1.165) is 53.8 Å². The van der Waals surface area contributed by atoms with Crippen LogP contribution in [0.15, 0.2) is 12.1 Å². The number of hydrogen-bond donors (Lipinski definition) is 1. The number of carbonyl (C=O) groups is 1. The van der Waals surface area contributed by atoms with Crippen LogP contribution in [0.3, 0.4) is 0 Å². The highest BCUT2D eigenvalue weighted by Gasteiger charge is 2.40. The fraction of sp³-hybridized carbons (Fsp3) is 0.636. The summed E-state index contributed by atoms with van der Waals surface area (Å²) >= 11 is 0. The van der Waals surface area contributed by atoms with Crippen molar-refractivity contribution in [3.8, 4) is 0 Å². The van der Waals surface area contributed by atoms with Crippen molar-refractivity contribution < 1.29 is 9.28 Å². The minimum Gasteiger partial charge on any atom is -0.321 e. The maximum atomic E-state index is 13.3. The summed E-state index contributed by atoms with van der Waals surface area (Å²) in [4.78, 5) is 16.9. The smallest absolute Gasteiger partial charge is 0.282 e. The molecule has 0 aromatic heterocycles. The lowest BCUT2D eigenvalue weighted by atomic mass is 10.0. The summed E-state index contributed by atoms with van der Waals surface area (Å²) in [7, 11) is 0. The van der Waals surface area contributed by atoms with Gasteiger partial charge in [0.2, 0.25) is 0 Å². The summed E-state index contributed by atoms with van der Waals surface area (Å²) in [5.74, 6) is 0.150. The van der Waals surface area contributed by atoms with Gasteiger partial charge in [-0.05, 0) is 64.0 Å². The minimum absolute atomic E-state index is 0.0161. The molecule has 2 rings (SSSR count). The average Bonchev–Trinajstić information content (AvgIpc) is 2.88. The standard InChI is InChI=1S/C22H33N3O/c1-6-12-20(25(7-2)13-10-8-9-11-14-25)22(26)24-21-17(3)15-19(23-5)16-18(21)4/h15-16,20H,6-14H2,1-4H3/p+1. The van der Waals surface area contributed by atoms with Gasteiger partial charge in [0.1, 0.15) is 0 Å². The molecule has 1 aliphatic rings. The van der Waals surface area contributed by atoms with Gasteiger partial charge in [-0.3, -0.25) is 4.79 Å². The van der Waals surface area contributed by atoms with Crippen LogP contribution in [0.2, 0.25) is 0 Å². The van der Waals surface area contributed by atoms with Gasteiger partial charge in [0, 0.05) is 12.1 Å². The van der Waals surface area contributed by atoms with Crippen LogP contribution in [-0.4, -0.2) is 36.1 Å². The minimum atomic E-state index is 0.0161. The van der Waals surface area contributed by atoms with E-state index in [2.05, 4.69) is 24.0 Å². The molecule has 142 valence electrons. The first-order valence-electron chi connectivity index (χ1n) is 10.1. The van der Waals surface area contributed by atoms with Crippen molar-refractivity contribution in [3.05, 3.63) is 34.7 Å². The van der Waals surface area contributed by atoms with Crippen LogP contribution in [0.4, 0.5) is 11.4 Å². The first-order valence-corrected chi connectivity index (χ1v) is 10.1. The fourth-order valence-electron chi connectivity index (χ4n) is 4.50. The second kappa shape index (κ2) is 9.19. The quantitative estimate of drug-likeness (QED) is 0.539. The van der Waals surface area contributed by atoms with Crippen molar-refractivity contribution in [2.45, 2.75) is 72.3 Å². The number of likely N-dealkylation sites (N-methyl/N-ethyl adjacent to an activating group) is 1. The Bertz CT molecular complexity index is 643. The Morgan fingerprint density at radius 3 is 2.19 bits per heavy atom. The van der Waals surface area contributed by atoms with E-state index < -0.39 is 0 Å². The van der Waals surface area contributed by atoms with Gasteiger partial charge in [-0.25, -0.2) is 4.85 Å². The maximum Gasteiger partial charge on any atom is 0.282 e. The third-order valence-corrected chi connectivity index (χ3v) is 6.01. The molecule has 0 aliphatic carbocycles. The Balaban J connectivity index is 2.30. The molecule has 1 amide bonds. The van der Waals surface area contributed by atoms with Gasteiger partial charge in [-0.15, -0.1) is 0 Å². The van der Waals surface area contributed by atoms with E-state index in [-0.39, 0.29) is 11.9 Å². The van der Waals surface area contributed by atoms with E-state index >= 15 is 0 Å². The zero-order valence-corrected chi connectivity index (χ0v) is 16.9. The molecule has 1 unspecified atom stereocenters. The van der Waals surface area contributed by atoms with Crippen molar-refractivity contribution in [2.75, 3.05) is 25.0 Å². The number of rotatable bonds is 6. The number of benzene rings is 1. The molecule has 26 heavy (non-hydrogen) atoms. The van der Waals surface area contributed by atoms with E-state index in [1.165, 1.54) is 25.7 Å². The van der Waals surface area contributed by atoms with Gasteiger partial charge >= 0.3 is 0 Å². The second-order valence-electron chi connectivity index (χ2n) is 7.76. The molecule has 4 heteroatoms. The summed E-state index contributed by atoms with van der Waals surface area (Å²) in [6.45, 7) is 18.8. The van der Waals surface area contributed by atoms with E-state index in [9.17, 15) is 4.79 Å². The monoisotopic (exact) mass is 356 g/mol. The summed E-state index contributed by atoms with van der Waals surface area (Å²) in [5.41, 5.74) is 3.46. The molecule has 1 atom stereocenters. The van der Waals surface area contributed by atoms with Crippen molar-refractivity contribution in [3.63, 3.8) is 0 Å². The number of likely N-dealkylation sites (tertiary alicyclic amines) is 1. The Morgan fingerprint density at radius 1 is 1.15 bits per heavy atom. The molecule has 0 saturated carbocycles. The highest BCUT2D eigenvalue weighted by molar-refractivity contribution is 5.95.